The second-order valence-electron chi connectivity index (χ2n) is 5.02. The van der Waals surface area contributed by atoms with Crippen LogP contribution in [0.2, 0.25) is 0 Å². The van der Waals surface area contributed by atoms with Gasteiger partial charge in [-0.3, -0.25) is 4.90 Å². The van der Waals surface area contributed by atoms with E-state index in [1.54, 1.807) is 0 Å². The van der Waals surface area contributed by atoms with Crippen molar-refractivity contribution >= 4 is 0 Å². The monoisotopic (exact) mass is 223 g/mol. The minimum atomic E-state index is 0.575. The first-order valence-electron chi connectivity index (χ1n) is 6.80. The number of nitrogens with zero attached hydrogens (tertiary/aromatic N) is 1. The Kier molecular flexibility index (Phi) is 10.7. The van der Waals surface area contributed by atoms with Gasteiger partial charge in [0.05, 0.1) is 6.54 Å². The summed E-state index contributed by atoms with van der Waals surface area (Å²) in [5, 5.41) is 0. The van der Waals surface area contributed by atoms with Crippen molar-refractivity contribution in [2.24, 2.45) is 5.92 Å². The van der Waals surface area contributed by atoms with Gasteiger partial charge in [-0.25, -0.2) is 0 Å². The Bertz CT molecular complexity index is 197. The predicted molar refractivity (Wildman–Crippen MR) is 73.5 cm³/mol. The Morgan fingerprint density at radius 2 is 1.62 bits per heavy atom. The Morgan fingerprint density at radius 3 is 2.25 bits per heavy atom. The SMILES string of the molecule is CCCCCCCCC(C)C#CCN(C)C. The van der Waals surface area contributed by atoms with Gasteiger partial charge in [0, 0.05) is 5.92 Å². The molecule has 0 aliphatic carbocycles. The van der Waals surface area contributed by atoms with Gasteiger partial charge in [0.1, 0.15) is 0 Å². The number of hydrogen-bond donors (Lipinski definition) is 0. The topological polar surface area (TPSA) is 3.24 Å². The lowest BCUT2D eigenvalue weighted by Gasteiger charge is -2.05. The summed E-state index contributed by atoms with van der Waals surface area (Å²) in [5.41, 5.74) is 0. The van der Waals surface area contributed by atoms with E-state index in [9.17, 15) is 0 Å². The van der Waals surface area contributed by atoms with Crippen molar-refractivity contribution < 1.29 is 0 Å². The summed E-state index contributed by atoms with van der Waals surface area (Å²) >= 11 is 0. The van der Waals surface area contributed by atoms with Crippen LogP contribution in [0.4, 0.5) is 0 Å². The summed E-state index contributed by atoms with van der Waals surface area (Å²) in [5.74, 6) is 7.12. The van der Waals surface area contributed by atoms with Crippen molar-refractivity contribution in [3.05, 3.63) is 0 Å². The summed E-state index contributed by atoms with van der Waals surface area (Å²) < 4.78 is 0. The molecule has 0 bridgehead atoms. The van der Waals surface area contributed by atoms with Crippen LogP contribution in [0.1, 0.15) is 58.8 Å². The Morgan fingerprint density at radius 1 is 1.00 bits per heavy atom. The fourth-order valence-corrected chi connectivity index (χ4v) is 1.68. The molecule has 16 heavy (non-hydrogen) atoms. The highest BCUT2D eigenvalue weighted by Gasteiger charge is 1.97. The van der Waals surface area contributed by atoms with E-state index in [4.69, 9.17) is 0 Å². The van der Waals surface area contributed by atoms with Crippen LogP contribution in [0.25, 0.3) is 0 Å². The largest absolute Gasteiger partial charge is 0.299 e. The smallest absolute Gasteiger partial charge is 0.0596 e. The van der Waals surface area contributed by atoms with Crippen molar-refractivity contribution in [1.29, 1.82) is 0 Å². The lowest BCUT2D eigenvalue weighted by Crippen LogP contribution is -2.11. The average molecular weight is 223 g/mol. The zero-order valence-corrected chi connectivity index (χ0v) is 11.7. The molecule has 0 fully saturated rings. The second kappa shape index (κ2) is 11.0. The maximum absolute atomic E-state index is 3.32. The molecule has 0 aromatic heterocycles. The highest BCUT2D eigenvalue weighted by molar-refractivity contribution is 5.03. The average Bonchev–Trinajstić information content (AvgIpc) is 2.22. The molecule has 1 nitrogen and oxygen atoms in total. The summed E-state index contributed by atoms with van der Waals surface area (Å²) in [7, 11) is 4.13. The number of hydrogen-bond acceptors (Lipinski definition) is 1. The lowest BCUT2D eigenvalue weighted by molar-refractivity contribution is 0.463. The third-order valence-corrected chi connectivity index (χ3v) is 2.73. The first-order chi connectivity index (χ1) is 7.66. The predicted octanol–water partition coefficient (Wildman–Crippen LogP) is 3.94. The number of rotatable bonds is 8. The van der Waals surface area contributed by atoms with Crippen molar-refractivity contribution in [1.82, 2.24) is 4.90 Å². The molecular weight excluding hydrogens is 194 g/mol. The zero-order chi connectivity index (χ0) is 12.2. The maximum Gasteiger partial charge on any atom is 0.0596 e. The Labute approximate surface area is 103 Å². The first kappa shape index (κ1) is 15.5. The fourth-order valence-electron chi connectivity index (χ4n) is 1.68. The lowest BCUT2D eigenvalue weighted by atomic mass is 10.0. The van der Waals surface area contributed by atoms with E-state index in [2.05, 4.69) is 44.7 Å². The van der Waals surface area contributed by atoms with Crippen LogP contribution < -0.4 is 0 Å². The third kappa shape index (κ3) is 11.6. The van der Waals surface area contributed by atoms with Gasteiger partial charge in [0.15, 0.2) is 0 Å². The van der Waals surface area contributed by atoms with Crippen molar-refractivity contribution in [3.8, 4) is 11.8 Å². The van der Waals surface area contributed by atoms with Crippen molar-refractivity contribution in [3.63, 3.8) is 0 Å². The van der Waals surface area contributed by atoms with E-state index in [0.29, 0.717) is 5.92 Å². The van der Waals surface area contributed by atoms with Gasteiger partial charge in [0.2, 0.25) is 0 Å². The molecule has 0 radical (unpaired) electrons. The molecule has 0 aromatic carbocycles. The van der Waals surface area contributed by atoms with Crippen LogP contribution in [-0.2, 0) is 0 Å². The van der Waals surface area contributed by atoms with Gasteiger partial charge >= 0.3 is 0 Å². The molecule has 94 valence electrons. The van der Waals surface area contributed by atoms with E-state index in [1.165, 1.54) is 44.9 Å². The molecule has 0 N–H and O–H groups in total. The molecule has 0 aliphatic heterocycles. The molecular formula is C15H29N. The second-order valence-corrected chi connectivity index (χ2v) is 5.02. The van der Waals surface area contributed by atoms with Crippen LogP contribution in [0, 0.1) is 17.8 Å². The Hall–Kier alpha value is -0.480. The highest BCUT2D eigenvalue weighted by atomic mass is 15.0. The molecule has 0 amide bonds. The fraction of sp³-hybridized carbons (Fsp3) is 0.867. The van der Waals surface area contributed by atoms with Gasteiger partial charge in [-0.05, 0) is 20.5 Å². The van der Waals surface area contributed by atoms with Gasteiger partial charge in [-0.15, -0.1) is 0 Å². The molecule has 0 saturated carbocycles. The summed E-state index contributed by atoms with van der Waals surface area (Å²) in [4.78, 5) is 2.12. The minimum absolute atomic E-state index is 0.575. The van der Waals surface area contributed by atoms with E-state index in [1.807, 2.05) is 0 Å². The first-order valence-corrected chi connectivity index (χ1v) is 6.80. The summed E-state index contributed by atoms with van der Waals surface area (Å²) in [6.07, 6.45) is 9.57. The van der Waals surface area contributed by atoms with Gasteiger partial charge in [-0.1, -0.05) is 64.2 Å². The van der Waals surface area contributed by atoms with Crippen LogP contribution in [0.15, 0.2) is 0 Å². The van der Waals surface area contributed by atoms with E-state index in [0.717, 1.165) is 6.54 Å². The Balaban J connectivity index is 3.35. The van der Waals surface area contributed by atoms with E-state index in [-0.39, 0.29) is 0 Å². The third-order valence-electron chi connectivity index (χ3n) is 2.73. The normalized spacial score (nSPS) is 12.3. The zero-order valence-electron chi connectivity index (χ0n) is 11.7. The van der Waals surface area contributed by atoms with E-state index < -0.39 is 0 Å². The van der Waals surface area contributed by atoms with Crippen LogP contribution in [0.5, 0.6) is 0 Å². The van der Waals surface area contributed by atoms with Crippen molar-refractivity contribution in [2.75, 3.05) is 20.6 Å². The van der Waals surface area contributed by atoms with Crippen molar-refractivity contribution in [2.45, 2.75) is 58.8 Å². The maximum atomic E-state index is 3.32. The molecule has 0 rings (SSSR count). The molecule has 0 aliphatic rings. The molecule has 0 aromatic rings. The van der Waals surface area contributed by atoms with Gasteiger partial charge in [-0.2, -0.15) is 0 Å². The molecule has 0 spiro atoms. The summed E-state index contributed by atoms with van der Waals surface area (Å²) in [6, 6.07) is 0. The molecule has 0 saturated heterocycles. The standard InChI is InChI=1S/C15H29N/c1-5-6-7-8-9-10-12-15(2)13-11-14-16(3)4/h15H,5-10,12,14H2,1-4H3. The van der Waals surface area contributed by atoms with Gasteiger partial charge in [0.25, 0.3) is 0 Å². The molecule has 1 heteroatoms. The molecule has 1 atom stereocenters. The quantitative estimate of drug-likeness (QED) is 0.445. The molecule has 0 heterocycles. The van der Waals surface area contributed by atoms with Crippen LogP contribution >= 0.6 is 0 Å². The highest BCUT2D eigenvalue weighted by Crippen LogP contribution is 2.11. The summed E-state index contributed by atoms with van der Waals surface area (Å²) in [6.45, 7) is 5.40. The molecule has 1 unspecified atom stereocenters. The number of unbranched alkanes of at least 4 members (excludes halogenated alkanes) is 5. The van der Waals surface area contributed by atoms with Crippen LogP contribution in [0.3, 0.4) is 0 Å². The van der Waals surface area contributed by atoms with Crippen LogP contribution in [-0.4, -0.2) is 25.5 Å². The minimum Gasteiger partial charge on any atom is -0.299 e. The van der Waals surface area contributed by atoms with Gasteiger partial charge < -0.3 is 0 Å². The van der Waals surface area contributed by atoms with E-state index >= 15 is 0 Å².